The summed E-state index contributed by atoms with van der Waals surface area (Å²) in [7, 11) is -0.821. The summed E-state index contributed by atoms with van der Waals surface area (Å²) in [4.78, 5) is 24.9. The number of benzene rings is 2. The van der Waals surface area contributed by atoms with Crippen LogP contribution in [0.4, 0.5) is 0 Å². The van der Waals surface area contributed by atoms with Gasteiger partial charge in [0.15, 0.2) is 16.7 Å². The van der Waals surface area contributed by atoms with Crippen molar-refractivity contribution in [1.29, 1.82) is 0 Å². The maximum absolute atomic E-state index is 13.0. The van der Waals surface area contributed by atoms with Crippen molar-refractivity contribution in [1.82, 2.24) is 4.90 Å². The average molecular weight is 493 g/mol. The predicted molar refractivity (Wildman–Crippen MR) is 130 cm³/mol. The topological polar surface area (TPSA) is 143 Å². The summed E-state index contributed by atoms with van der Waals surface area (Å²) in [5.74, 6) is -0.0377. The van der Waals surface area contributed by atoms with Crippen LogP contribution in [0.5, 0.6) is 17.2 Å². The highest BCUT2D eigenvalue weighted by molar-refractivity contribution is 7.61. The fraction of sp³-hybridized carbons (Fsp3) is 0.458. The molecule has 0 spiro atoms. The van der Waals surface area contributed by atoms with Gasteiger partial charge in [0, 0.05) is 25.8 Å². The van der Waals surface area contributed by atoms with Crippen LogP contribution in [-0.2, 0) is 15.9 Å². The summed E-state index contributed by atoms with van der Waals surface area (Å²) >= 11 is 0. The van der Waals surface area contributed by atoms with Gasteiger partial charge in [-0.15, -0.1) is 0 Å². The first-order valence-electron chi connectivity index (χ1n) is 11.2. The summed E-state index contributed by atoms with van der Waals surface area (Å²) in [6.07, 6.45) is 1.07. The molecule has 2 aromatic carbocycles. The quantitative estimate of drug-likeness (QED) is 0.291. The van der Waals surface area contributed by atoms with Gasteiger partial charge in [0.05, 0.1) is 14.2 Å². The van der Waals surface area contributed by atoms with Crippen LogP contribution in [-0.4, -0.2) is 71.1 Å². The van der Waals surface area contributed by atoms with Crippen molar-refractivity contribution in [3.05, 3.63) is 42.0 Å². The third-order valence-electron chi connectivity index (χ3n) is 6.50. The molecule has 0 aromatic heterocycles. The van der Waals surface area contributed by atoms with Crippen LogP contribution < -0.4 is 15.2 Å². The molecule has 0 saturated carbocycles. The molecule has 34 heavy (non-hydrogen) atoms. The second kappa shape index (κ2) is 10.8. The molecule has 9 nitrogen and oxygen atoms in total. The molecule has 0 aliphatic carbocycles. The van der Waals surface area contributed by atoms with Crippen molar-refractivity contribution < 1.29 is 33.9 Å². The van der Waals surface area contributed by atoms with Crippen molar-refractivity contribution in [2.45, 2.75) is 31.0 Å². The van der Waals surface area contributed by atoms with Crippen molar-refractivity contribution >= 4 is 13.3 Å². The molecular formula is C24H33N2O7P. The number of aliphatic carboxylic acids is 1. The van der Waals surface area contributed by atoms with Crippen LogP contribution in [0.25, 0.3) is 11.1 Å². The number of phenols is 1. The van der Waals surface area contributed by atoms with Crippen molar-refractivity contribution in [3.63, 3.8) is 0 Å². The number of hydrogen-bond acceptors (Lipinski definition) is 7. The Morgan fingerprint density at radius 1 is 1.15 bits per heavy atom. The van der Waals surface area contributed by atoms with E-state index in [4.69, 9.17) is 15.2 Å². The number of unbranched alkanes of at least 4 members (excludes halogenated alkanes) is 1. The number of carboxylic acids is 1. The van der Waals surface area contributed by atoms with E-state index >= 15 is 0 Å². The van der Waals surface area contributed by atoms with E-state index in [1.165, 1.54) is 0 Å². The number of rotatable bonds is 10. The number of aromatic hydroxyl groups is 1. The third kappa shape index (κ3) is 5.23. The second-order valence-corrected chi connectivity index (χ2v) is 11.3. The Morgan fingerprint density at radius 3 is 2.53 bits per heavy atom. The lowest BCUT2D eigenvalue weighted by Gasteiger charge is -2.43. The van der Waals surface area contributed by atoms with E-state index in [2.05, 4.69) is 0 Å². The van der Waals surface area contributed by atoms with E-state index in [0.717, 1.165) is 16.7 Å². The minimum Gasteiger partial charge on any atom is -0.508 e. The maximum atomic E-state index is 13.0. The Hall–Kier alpha value is -2.58. The number of carboxylic acid groups (broad SMARTS) is 1. The standard InChI is InChI=1S/C24H33N2O7P/c1-32-21-8-6-17(13-22(21)33-2)20-14-19(27)7-5-18(20)15-26-11-12-34(30,31)24(16-26,23(28)29)9-3-4-10-25/h5-8,13-14,27H,3-4,9-12,15-16,25H2,1-2H3,(H,28,29)(H,30,31)/t24-/m0/s1. The number of hydrogen-bond donors (Lipinski definition) is 4. The van der Waals surface area contributed by atoms with E-state index in [1.807, 2.05) is 17.0 Å². The number of ether oxygens (including phenoxy) is 2. The van der Waals surface area contributed by atoms with Crippen LogP contribution >= 0.6 is 7.37 Å². The number of methoxy groups -OCH3 is 2. The molecule has 2 atom stereocenters. The summed E-state index contributed by atoms with van der Waals surface area (Å²) in [6.45, 7) is 1.02. The van der Waals surface area contributed by atoms with Gasteiger partial charge in [0.2, 0.25) is 7.37 Å². The third-order valence-corrected chi connectivity index (χ3v) is 9.20. The average Bonchev–Trinajstić information content (AvgIpc) is 2.81. The van der Waals surface area contributed by atoms with E-state index in [9.17, 15) is 24.5 Å². The summed E-state index contributed by atoms with van der Waals surface area (Å²) in [6, 6.07) is 10.4. The Morgan fingerprint density at radius 2 is 1.88 bits per heavy atom. The summed E-state index contributed by atoms with van der Waals surface area (Å²) in [5.41, 5.74) is 7.95. The molecule has 1 aliphatic heterocycles. The molecule has 5 N–H and O–H groups in total. The molecule has 186 valence electrons. The first-order chi connectivity index (χ1) is 16.2. The molecule has 1 saturated heterocycles. The van der Waals surface area contributed by atoms with Gasteiger partial charge >= 0.3 is 5.97 Å². The predicted octanol–water partition coefficient (Wildman–Crippen LogP) is 3.11. The van der Waals surface area contributed by atoms with Crippen molar-refractivity contribution in [2.24, 2.45) is 5.73 Å². The van der Waals surface area contributed by atoms with E-state index in [0.29, 0.717) is 44.0 Å². The Kier molecular flexibility index (Phi) is 8.25. The van der Waals surface area contributed by atoms with Crippen molar-refractivity contribution in [3.8, 4) is 28.4 Å². The zero-order valence-corrected chi connectivity index (χ0v) is 20.5. The lowest BCUT2D eigenvalue weighted by molar-refractivity contribution is -0.141. The fourth-order valence-electron chi connectivity index (χ4n) is 4.54. The molecule has 1 heterocycles. The van der Waals surface area contributed by atoms with Gasteiger partial charge in [0.25, 0.3) is 0 Å². The zero-order valence-electron chi connectivity index (χ0n) is 19.6. The van der Waals surface area contributed by atoms with Crippen molar-refractivity contribution in [2.75, 3.05) is 40.0 Å². The highest BCUT2D eigenvalue weighted by Crippen LogP contribution is 2.59. The van der Waals surface area contributed by atoms with Gasteiger partial charge in [-0.1, -0.05) is 18.6 Å². The van der Waals surface area contributed by atoms with Gasteiger partial charge in [-0.2, -0.15) is 0 Å². The molecule has 0 radical (unpaired) electrons. The fourth-order valence-corrected chi connectivity index (χ4v) is 6.75. The van der Waals surface area contributed by atoms with Gasteiger partial charge in [-0.3, -0.25) is 14.3 Å². The number of carbonyl (C=O) groups is 1. The minimum atomic E-state index is -3.92. The SMILES string of the molecule is COc1ccc(-c2cc(O)ccc2CN2CCP(=O)(O)[C@](CCCCN)(C(=O)O)C2)cc1OC. The molecule has 2 aromatic rings. The zero-order chi connectivity index (χ0) is 24.9. The normalized spacial score (nSPS) is 22.9. The molecule has 1 fully saturated rings. The first-order valence-corrected chi connectivity index (χ1v) is 13.0. The lowest BCUT2D eigenvalue weighted by Crippen LogP contribution is -2.53. The largest absolute Gasteiger partial charge is 0.508 e. The highest BCUT2D eigenvalue weighted by atomic mass is 31.2. The first kappa shape index (κ1) is 26.0. The molecular weight excluding hydrogens is 459 g/mol. The summed E-state index contributed by atoms with van der Waals surface area (Å²) in [5, 5.41) is 18.5. The smallest absolute Gasteiger partial charge is 0.320 e. The molecule has 1 aliphatic rings. The summed E-state index contributed by atoms with van der Waals surface area (Å²) < 4.78 is 23.8. The van der Waals surface area contributed by atoms with E-state index in [1.54, 1.807) is 38.5 Å². The van der Waals surface area contributed by atoms with Crippen LogP contribution in [0.15, 0.2) is 36.4 Å². The van der Waals surface area contributed by atoms with Gasteiger partial charge in [-0.05, 0) is 60.3 Å². The molecule has 1 unspecified atom stereocenters. The minimum absolute atomic E-state index is 0.0348. The number of phenolic OH excluding ortho intramolecular Hbond substituents is 1. The van der Waals surface area contributed by atoms with E-state index < -0.39 is 18.5 Å². The van der Waals surface area contributed by atoms with Crippen LogP contribution in [0, 0.1) is 0 Å². The number of nitrogens with two attached hydrogens (primary N) is 1. The monoisotopic (exact) mass is 492 g/mol. The van der Waals surface area contributed by atoms with Crippen LogP contribution in [0.3, 0.4) is 0 Å². The van der Waals surface area contributed by atoms with Crippen LogP contribution in [0.1, 0.15) is 24.8 Å². The lowest BCUT2D eigenvalue weighted by atomic mass is 9.96. The second-order valence-electron chi connectivity index (χ2n) is 8.63. The molecule has 3 rings (SSSR count). The van der Waals surface area contributed by atoms with Gasteiger partial charge in [0.1, 0.15) is 5.75 Å². The Labute approximate surface area is 199 Å². The molecule has 10 heteroatoms. The Bertz CT molecular complexity index is 1080. The molecule has 0 bridgehead atoms. The Balaban J connectivity index is 1.94. The number of nitrogens with zero attached hydrogens (tertiary/aromatic N) is 1. The van der Waals surface area contributed by atoms with Crippen LogP contribution in [0.2, 0.25) is 0 Å². The highest BCUT2D eigenvalue weighted by Gasteiger charge is 2.56. The van der Waals surface area contributed by atoms with Gasteiger partial charge < -0.3 is 30.3 Å². The van der Waals surface area contributed by atoms with E-state index in [-0.39, 0.29) is 24.9 Å². The van der Waals surface area contributed by atoms with Gasteiger partial charge in [-0.25, -0.2) is 0 Å². The maximum Gasteiger partial charge on any atom is 0.320 e. The molecule has 0 amide bonds.